The van der Waals surface area contributed by atoms with Crippen molar-refractivity contribution in [2.75, 3.05) is 0 Å². The van der Waals surface area contributed by atoms with Crippen molar-refractivity contribution in [1.82, 2.24) is 0 Å². The van der Waals surface area contributed by atoms with Crippen LogP contribution in [0.15, 0.2) is 18.2 Å². The average molecular weight is 292 g/mol. The highest BCUT2D eigenvalue weighted by atomic mass is 19.3. The Balaban J connectivity index is 3.67. The third-order valence-electron chi connectivity index (χ3n) is 1.95. The predicted octanol–water partition coefficient (Wildman–Crippen LogP) is 5.17. The molecule has 0 aromatic heterocycles. The quantitative estimate of drug-likeness (QED) is 0.521. The van der Waals surface area contributed by atoms with Crippen LogP contribution in [0.3, 0.4) is 0 Å². The summed E-state index contributed by atoms with van der Waals surface area (Å²) in [6.07, 6.45) is -6.24. The Hall–Kier alpha value is -1.93. The Morgan fingerprint density at radius 1 is 0.684 bits per heavy atom. The summed E-state index contributed by atoms with van der Waals surface area (Å²) in [6, 6.07) is -0.356. The van der Waals surface area contributed by atoms with Gasteiger partial charge in [-0.15, -0.1) is 0 Å². The van der Waals surface area contributed by atoms with Crippen LogP contribution in [0, 0.1) is 17.5 Å². The molecule has 0 atom stereocenters. The van der Waals surface area contributed by atoms with Gasteiger partial charge in [0.25, 0.3) is 0 Å². The van der Waals surface area contributed by atoms with Gasteiger partial charge in [-0.2, -0.15) is 17.6 Å². The molecule has 0 unspecified atom stereocenters. The molecule has 0 nitrogen and oxygen atoms in total. The summed E-state index contributed by atoms with van der Waals surface area (Å²) in [4.78, 5) is 0. The van der Waals surface area contributed by atoms with Gasteiger partial charge in [0.2, 0.25) is 5.83 Å². The molecule has 9 heteroatoms. The van der Waals surface area contributed by atoms with Crippen LogP contribution in [0.4, 0.5) is 39.5 Å². The summed E-state index contributed by atoms with van der Waals surface area (Å²) in [5, 5.41) is 0. The van der Waals surface area contributed by atoms with Gasteiger partial charge in [-0.25, -0.2) is 22.0 Å². The van der Waals surface area contributed by atoms with E-state index in [9.17, 15) is 39.5 Å². The first-order valence-corrected chi connectivity index (χ1v) is 4.28. The van der Waals surface area contributed by atoms with Crippen molar-refractivity contribution in [2.24, 2.45) is 0 Å². The fourth-order valence-electron chi connectivity index (χ4n) is 1.15. The van der Waals surface area contributed by atoms with E-state index in [2.05, 4.69) is 0 Å². The molecule has 0 amide bonds. The first-order valence-electron chi connectivity index (χ1n) is 4.28. The molecule has 104 valence electrons. The summed E-state index contributed by atoms with van der Waals surface area (Å²) < 4.78 is 112. The van der Waals surface area contributed by atoms with Crippen LogP contribution in [0.1, 0.15) is 11.1 Å². The largest absolute Gasteiger partial charge is 0.306 e. The fraction of sp³-hybridized carbons (Fsp3) is 0. The number of hydrogen-bond donors (Lipinski definition) is 0. The van der Waals surface area contributed by atoms with E-state index >= 15 is 0 Å². The van der Waals surface area contributed by atoms with Crippen molar-refractivity contribution in [1.29, 1.82) is 0 Å². The van der Waals surface area contributed by atoms with E-state index < -0.39 is 52.4 Å². The molecule has 0 radical (unpaired) electrons. The lowest BCUT2D eigenvalue weighted by Crippen LogP contribution is -2.02. The van der Waals surface area contributed by atoms with E-state index in [0.717, 1.165) is 0 Å². The Morgan fingerprint density at radius 2 is 1.16 bits per heavy atom. The molecule has 0 bridgehead atoms. The number of halogens is 9. The fourth-order valence-corrected chi connectivity index (χ4v) is 1.15. The third-order valence-corrected chi connectivity index (χ3v) is 1.95. The molecule has 19 heavy (non-hydrogen) atoms. The van der Waals surface area contributed by atoms with Gasteiger partial charge in [0.15, 0.2) is 17.5 Å². The van der Waals surface area contributed by atoms with Crippen LogP contribution in [0.2, 0.25) is 0 Å². The molecule has 1 aromatic carbocycles. The van der Waals surface area contributed by atoms with Crippen molar-refractivity contribution in [2.45, 2.75) is 0 Å². The van der Waals surface area contributed by atoms with Crippen LogP contribution >= 0.6 is 0 Å². The van der Waals surface area contributed by atoms with E-state index in [4.69, 9.17) is 0 Å². The Morgan fingerprint density at radius 3 is 1.58 bits per heavy atom. The SMILES string of the molecule is FC(F)=C(F)c1cc(F)c(C(F)=C(F)F)c(F)c1F. The minimum Gasteiger partial charge on any atom is -0.206 e. The molecular weight excluding hydrogens is 291 g/mol. The highest BCUT2D eigenvalue weighted by Gasteiger charge is 2.27. The van der Waals surface area contributed by atoms with Gasteiger partial charge in [-0.1, -0.05) is 0 Å². The van der Waals surface area contributed by atoms with Crippen molar-refractivity contribution in [3.8, 4) is 0 Å². The minimum atomic E-state index is -3.15. The highest BCUT2D eigenvalue weighted by molar-refractivity contribution is 5.67. The zero-order valence-corrected chi connectivity index (χ0v) is 8.48. The number of hydrogen-bond acceptors (Lipinski definition) is 0. The Labute approximate surface area is 99.0 Å². The molecule has 0 aliphatic rings. The van der Waals surface area contributed by atoms with Crippen molar-refractivity contribution in [3.05, 3.63) is 46.8 Å². The van der Waals surface area contributed by atoms with Gasteiger partial charge >= 0.3 is 12.2 Å². The van der Waals surface area contributed by atoms with E-state index in [1.165, 1.54) is 0 Å². The molecule has 0 saturated heterocycles. The molecule has 0 saturated carbocycles. The highest BCUT2D eigenvalue weighted by Crippen LogP contribution is 2.33. The zero-order valence-electron chi connectivity index (χ0n) is 8.48. The molecule has 0 spiro atoms. The van der Waals surface area contributed by atoms with Gasteiger partial charge in [-0.05, 0) is 6.07 Å². The number of rotatable bonds is 2. The van der Waals surface area contributed by atoms with Crippen molar-refractivity contribution in [3.63, 3.8) is 0 Å². The maximum Gasteiger partial charge on any atom is 0.306 e. The van der Waals surface area contributed by atoms with Crippen LogP contribution in [-0.4, -0.2) is 0 Å². The van der Waals surface area contributed by atoms with Gasteiger partial charge < -0.3 is 0 Å². The summed E-state index contributed by atoms with van der Waals surface area (Å²) in [6.45, 7) is 0. The molecule has 0 heterocycles. The summed E-state index contributed by atoms with van der Waals surface area (Å²) in [5.74, 6) is -12.4. The minimum absolute atomic E-state index is 0.356. The maximum atomic E-state index is 13.1. The van der Waals surface area contributed by atoms with E-state index in [-0.39, 0.29) is 6.07 Å². The van der Waals surface area contributed by atoms with Gasteiger partial charge in [0.05, 0.1) is 11.1 Å². The van der Waals surface area contributed by atoms with E-state index in [1.807, 2.05) is 0 Å². The topological polar surface area (TPSA) is 0 Å². The molecule has 1 aromatic rings. The second-order valence-electron chi connectivity index (χ2n) is 3.06. The molecule has 0 fully saturated rings. The molecule has 1 rings (SSSR count). The van der Waals surface area contributed by atoms with Crippen LogP contribution in [-0.2, 0) is 0 Å². The average Bonchev–Trinajstić information content (AvgIpc) is 2.32. The molecule has 0 aliphatic carbocycles. The third kappa shape index (κ3) is 2.74. The molecular formula is C10HF9. The van der Waals surface area contributed by atoms with E-state index in [0.29, 0.717) is 0 Å². The second kappa shape index (κ2) is 5.37. The first-order chi connectivity index (χ1) is 8.68. The monoisotopic (exact) mass is 292 g/mol. The predicted molar refractivity (Wildman–Crippen MR) is 46.8 cm³/mol. The van der Waals surface area contributed by atoms with Gasteiger partial charge in [0, 0.05) is 0 Å². The van der Waals surface area contributed by atoms with Crippen molar-refractivity contribution >= 4 is 11.7 Å². The maximum absolute atomic E-state index is 13.1. The second-order valence-corrected chi connectivity index (χ2v) is 3.06. The lowest BCUT2D eigenvalue weighted by atomic mass is 10.1. The Kier molecular flexibility index (Phi) is 4.28. The Bertz CT molecular complexity index is 577. The van der Waals surface area contributed by atoms with E-state index in [1.54, 1.807) is 0 Å². The normalized spacial score (nSPS) is 10.4. The van der Waals surface area contributed by atoms with Gasteiger partial charge in [-0.3, -0.25) is 0 Å². The lowest BCUT2D eigenvalue weighted by molar-refractivity contribution is 0.402. The zero-order chi connectivity index (χ0) is 14.9. The summed E-state index contributed by atoms with van der Waals surface area (Å²) >= 11 is 0. The van der Waals surface area contributed by atoms with Crippen LogP contribution in [0.5, 0.6) is 0 Å². The summed E-state index contributed by atoms with van der Waals surface area (Å²) in [5.41, 5.74) is -3.95. The number of benzene rings is 1. The van der Waals surface area contributed by atoms with Crippen LogP contribution in [0.25, 0.3) is 11.7 Å². The lowest BCUT2D eigenvalue weighted by Gasteiger charge is -2.07. The first kappa shape index (κ1) is 15.1. The van der Waals surface area contributed by atoms with Gasteiger partial charge in [0.1, 0.15) is 5.82 Å². The summed E-state index contributed by atoms with van der Waals surface area (Å²) in [7, 11) is 0. The van der Waals surface area contributed by atoms with Crippen molar-refractivity contribution < 1.29 is 39.5 Å². The standard InChI is InChI=1S/C10HF9/c11-3-1-2(6(13)9(16)17)5(12)7(14)4(3)8(15)10(18)19/h1H. The smallest absolute Gasteiger partial charge is 0.206 e. The van der Waals surface area contributed by atoms with Crippen LogP contribution < -0.4 is 0 Å². The molecule has 0 N–H and O–H groups in total. The molecule has 0 aliphatic heterocycles.